The number of hydrogen-bond donors (Lipinski definition) is 3. The summed E-state index contributed by atoms with van der Waals surface area (Å²) in [7, 11) is 1.51. The number of methoxy groups -OCH3 is 1. The molecule has 1 aliphatic rings. The predicted octanol–water partition coefficient (Wildman–Crippen LogP) is 5.57. The van der Waals surface area contributed by atoms with Crippen molar-refractivity contribution in [2.24, 2.45) is 0 Å². The third-order valence-corrected chi connectivity index (χ3v) is 7.32. The number of nitrogens with zero attached hydrogens (tertiary/aromatic N) is 4. The molecule has 48 heavy (non-hydrogen) atoms. The number of hydrogen-bond acceptors (Lipinski definition) is 12. The molecule has 0 radical (unpaired) electrons. The number of nitrogens with one attached hydrogen (secondary N) is 3. The largest absolute Gasteiger partial charge is 0.493 e. The van der Waals surface area contributed by atoms with Crippen LogP contribution in [0, 0.1) is 0 Å². The summed E-state index contributed by atoms with van der Waals surface area (Å²) in [6.07, 6.45) is 7.32. The Bertz CT molecular complexity index is 1720. The third kappa shape index (κ3) is 9.27. The molecule has 5 rings (SSSR count). The number of benzene rings is 2. The molecule has 2 heterocycles. The van der Waals surface area contributed by atoms with Gasteiger partial charge in [0.1, 0.15) is 29.9 Å². The molecule has 14 heteroatoms. The van der Waals surface area contributed by atoms with Gasteiger partial charge >= 0.3 is 12.1 Å². The Hall–Kier alpha value is -5.53. The van der Waals surface area contributed by atoms with Crippen LogP contribution in [0.5, 0.6) is 11.5 Å². The molecule has 2 aromatic carbocycles. The summed E-state index contributed by atoms with van der Waals surface area (Å²) >= 11 is 0. The lowest BCUT2D eigenvalue weighted by molar-refractivity contribution is -0.151. The molecule has 1 fully saturated rings. The first-order chi connectivity index (χ1) is 23.1. The van der Waals surface area contributed by atoms with Gasteiger partial charge in [-0.05, 0) is 64.7 Å². The van der Waals surface area contributed by atoms with Crippen molar-refractivity contribution in [1.82, 2.24) is 25.3 Å². The van der Waals surface area contributed by atoms with Crippen LogP contribution >= 0.6 is 0 Å². The Morgan fingerprint density at radius 3 is 2.38 bits per heavy atom. The standard InChI is InChI=1S/C34H39N7O7/c1-34(2,3)48-33(44)40-25(31(43)47-23-12-8-9-13-23)14-15-46-28-17-26-24(16-27(28)45-4)29(38-20-37-26)39-22-18-35-32(36-19-22)41-30(42)21-10-6-5-7-11-21/h5-7,10-11,16-20,23,25H,8-9,12-15H2,1-4H3,(H,40,44)(H,37,38,39)(H,35,36,41,42). The number of carbonyl (C=O) groups is 3. The zero-order chi connectivity index (χ0) is 34.1. The maximum Gasteiger partial charge on any atom is 0.408 e. The summed E-state index contributed by atoms with van der Waals surface area (Å²) in [5.41, 5.74) is 0.845. The van der Waals surface area contributed by atoms with Crippen molar-refractivity contribution >= 4 is 46.3 Å². The van der Waals surface area contributed by atoms with Gasteiger partial charge in [0.05, 0.1) is 37.3 Å². The Kier molecular flexibility index (Phi) is 10.8. The highest BCUT2D eigenvalue weighted by Crippen LogP contribution is 2.35. The molecule has 1 unspecified atom stereocenters. The highest BCUT2D eigenvalue weighted by Gasteiger charge is 2.29. The van der Waals surface area contributed by atoms with Gasteiger partial charge in [0.25, 0.3) is 5.91 Å². The van der Waals surface area contributed by atoms with Gasteiger partial charge in [-0.25, -0.2) is 29.5 Å². The van der Waals surface area contributed by atoms with Gasteiger partial charge < -0.3 is 29.6 Å². The first-order valence-electron chi connectivity index (χ1n) is 15.7. The normalized spacial score (nSPS) is 13.8. The molecule has 2 aromatic heterocycles. The summed E-state index contributed by atoms with van der Waals surface area (Å²) in [6.45, 7) is 5.30. The van der Waals surface area contributed by atoms with Gasteiger partial charge in [-0.1, -0.05) is 18.2 Å². The van der Waals surface area contributed by atoms with Crippen LogP contribution in [-0.2, 0) is 14.3 Å². The second kappa shape index (κ2) is 15.4. The average Bonchev–Trinajstić information content (AvgIpc) is 3.57. The lowest BCUT2D eigenvalue weighted by Crippen LogP contribution is -2.45. The molecule has 0 aliphatic heterocycles. The summed E-state index contributed by atoms with van der Waals surface area (Å²) in [5.74, 6) is 0.562. The van der Waals surface area contributed by atoms with Gasteiger partial charge in [-0.3, -0.25) is 10.1 Å². The zero-order valence-corrected chi connectivity index (χ0v) is 27.3. The van der Waals surface area contributed by atoms with Crippen molar-refractivity contribution in [3.05, 3.63) is 66.7 Å². The topological polar surface area (TPSA) is 176 Å². The van der Waals surface area contributed by atoms with Crippen molar-refractivity contribution < 1.29 is 33.3 Å². The number of rotatable bonds is 12. The van der Waals surface area contributed by atoms with Crippen LogP contribution in [0.1, 0.15) is 63.2 Å². The fourth-order valence-corrected chi connectivity index (χ4v) is 5.03. The van der Waals surface area contributed by atoms with Crippen molar-refractivity contribution in [2.75, 3.05) is 24.4 Å². The number of aromatic nitrogens is 4. The van der Waals surface area contributed by atoms with Gasteiger partial charge in [0.15, 0.2) is 11.5 Å². The number of anilines is 3. The number of esters is 1. The van der Waals surface area contributed by atoms with E-state index < -0.39 is 23.7 Å². The van der Waals surface area contributed by atoms with Crippen LogP contribution in [0.4, 0.5) is 22.2 Å². The molecular formula is C34H39N7O7. The van der Waals surface area contributed by atoms with E-state index in [1.807, 2.05) is 6.07 Å². The number of amides is 2. The second-order valence-electron chi connectivity index (χ2n) is 12.2. The molecule has 1 atom stereocenters. The smallest absolute Gasteiger partial charge is 0.408 e. The quantitative estimate of drug-likeness (QED) is 0.162. The van der Waals surface area contributed by atoms with E-state index in [1.165, 1.54) is 25.8 Å². The highest BCUT2D eigenvalue weighted by molar-refractivity contribution is 6.03. The Balaban J connectivity index is 1.25. The molecule has 1 saturated carbocycles. The fraction of sp³-hybridized carbons (Fsp3) is 0.382. The molecule has 0 spiro atoms. The van der Waals surface area contributed by atoms with Gasteiger partial charge in [-0.15, -0.1) is 0 Å². The van der Waals surface area contributed by atoms with E-state index in [1.54, 1.807) is 57.2 Å². The molecule has 4 aromatic rings. The van der Waals surface area contributed by atoms with Crippen LogP contribution in [0.2, 0.25) is 0 Å². The second-order valence-corrected chi connectivity index (χ2v) is 12.2. The number of ether oxygens (including phenoxy) is 4. The van der Waals surface area contributed by atoms with E-state index in [-0.39, 0.29) is 31.0 Å². The minimum atomic E-state index is -0.967. The summed E-state index contributed by atoms with van der Waals surface area (Å²) in [5, 5.41) is 9.11. The van der Waals surface area contributed by atoms with E-state index in [0.717, 1.165) is 25.7 Å². The Labute approximate surface area is 278 Å². The average molecular weight is 658 g/mol. The molecular weight excluding hydrogens is 618 g/mol. The van der Waals surface area contributed by atoms with Crippen LogP contribution in [0.25, 0.3) is 10.9 Å². The maximum atomic E-state index is 13.0. The minimum absolute atomic E-state index is 0.0583. The molecule has 1 aliphatic carbocycles. The molecule has 14 nitrogen and oxygen atoms in total. The zero-order valence-electron chi connectivity index (χ0n) is 27.3. The Morgan fingerprint density at radius 1 is 0.958 bits per heavy atom. The van der Waals surface area contributed by atoms with E-state index in [0.29, 0.717) is 39.5 Å². The molecule has 2 amide bonds. The maximum absolute atomic E-state index is 13.0. The van der Waals surface area contributed by atoms with Crippen LogP contribution in [-0.4, -0.2) is 69.4 Å². The third-order valence-electron chi connectivity index (χ3n) is 7.32. The fourth-order valence-electron chi connectivity index (χ4n) is 5.03. The molecule has 252 valence electrons. The summed E-state index contributed by atoms with van der Waals surface area (Å²) < 4.78 is 22.7. The summed E-state index contributed by atoms with van der Waals surface area (Å²) in [6, 6.07) is 11.2. The van der Waals surface area contributed by atoms with Gasteiger partial charge in [-0.2, -0.15) is 0 Å². The predicted molar refractivity (Wildman–Crippen MR) is 177 cm³/mol. The van der Waals surface area contributed by atoms with Gasteiger partial charge in [0.2, 0.25) is 5.95 Å². The Morgan fingerprint density at radius 2 is 1.69 bits per heavy atom. The molecule has 0 saturated heterocycles. The van der Waals surface area contributed by atoms with Gasteiger partial charge in [0, 0.05) is 23.4 Å². The first-order valence-corrected chi connectivity index (χ1v) is 15.7. The van der Waals surface area contributed by atoms with Crippen molar-refractivity contribution in [3.8, 4) is 11.5 Å². The SMILES string of the molecule is COc1cc2c(Nc3cnc(NC(=O)c4ccccc4)nc3)ncnc2cc1OCCC(NC(=O)OC(C)(C)C)C(=O)OC1CCCC1. The van der Waals surface area contributed by atoms with Crippen molar-refractivity contribution in [3.63, 3.8) is 0 Å². The lowest BCUT2D eigenvalue weighted by atomic mass is 10.2. The van der Waals surface area contributed by atoms with E-state index in [4.69, 9.17) is 18.9 Å². The molecule has 3 N–H and O–H groups in total. The van der Waals surface area contributed by atoms with Crippen LogP contribution in [0.3, 0.4) is 0 Å². The van der Waals surface area contributed by atoms with Crippen LogP contribution < -0.4 is 25.4 Å². The lowest BCUT2D eigenvalue weighted by Gasteiger charge is -2.24. The number of carbonyl (C=O) groups excluding carboxylic acids is 3. The number of fused-ring (bicyclic) bond motifs is 1. The molecule has 0 bridgehead atoms. The minimum Gasteiger partial charge on any atom is -0.493 e. The van der Waals surface area contributed by atoms with E-state index >= 15 is 0 Å². The van der Waals surface area contributed by atoms with Crippen molar-refractivity contribution in [2.45, 2.75) is 70.6 Å². The van der Waals surface area contributed by atoms with Crippen molar-refractivity contribution in [1.29, 1.82) is 0 Å². The monoisotopic (exact) mass is 657 g/mol. The van der Waals surface area contributed by atoms with E-state index in [9.17, 15) is 14.4 Å². The summed E-state index contributed by atoms with van der Waals surface area (Å²) in [4.78, 5) is 55.2. The van der Waals surface area contributed by atoms with Crippen LogP contribution in [0.15, 0.2) is 61.2 Å². The van der Waals surface area contributed by atoms with E-state index in [2.05, 4.69) is 35.9 Å². The first kappa shape index (κ1) is 33.8. The highest BCUT2D eigenvalue weighted by atomic mass is 16.6. The number of alkyl carbamates (subject to hydrolysis) is 1.